The highest BCUT2D eigenvalue weighted by Gasteiger charge is 2.39. The summed E-state index contributed by atoms with van der Waals surface area (Å²) in [5.74, 6) is 0.818. The molecule has 1 amide bonds. The molecule has 0 bridgehead atoms. The van der Waals surface area contributed by atoms with E-state index in [1.807, 2.05) is 68.4 Å². The van der Waals surface area contributed by atoms with E-state index in [2.05, 4.69) is 9.62 Å². The molecular formula is C29H40N2O5S. The third-order valence-electron chi connectivity index (χ3n) is 7.31. The molecule has 37 heavy (non-hydrogen) atoms. The molecule has 7 nitrogen and oxygen atoms in total. The smallest absolute Gasteiger partial charge is 0.407 e. The van der Waals surface area contributed by atoms with E-state index >= 15 is 0 Å². The van der Waals surface area contributed by atoms with Crippen molar-refractivity contribution in [2.75, 3.05) is 26.9 Å². The maximum absolute atomic E-state index is 13.0. The lowest BCUT2D eigenvalue weighted by Gasteiger charge is -2.33. The number of rotatable bonds is 11. The Morgan fingerprint density at radius 1 is 1.16 bits per heavy atom. The highest BCUT2D eigenvalue weighted by atomic mass is 32.2. The first kappa shape index (κ1) is 27.8. The molecule has 0 aromatic heterocycles. The summed E-state index contributed by atoms with van der Waals surface area (Å²) in [6.45, 7) is 5.44. The van der Waals surface area contributed by atoms with E-state index in [4.69, 9.17) is 14.2 Å². The summed E-state index contributed by atoms with van der Waals surface area (Å²) in [6.07, 6.45) is 3.48. The van der Waals surface area contributed by atoms with Crippen LogP contribution in [0.25, 0.3) is 0 Å². The summed E-state index contributed by atoms with van der Waals surface area (Å²) in [4.78, 5) is 14.0. The number of nitrogens with one attached hydrogen (secondary N) is 1. The summed E-state index contributed by atoms with van der Waals surface area (Å²) >= 11 is 1.66. The van der Waals surface area contributed by atoms with Crippen molar-refractivity contribution in [1.29, 1.82) is 0 Å². The van der Waals surface area contributed by atoms with E-state index < -0.39 is 18.2 Å². The fraction of sp³-hybridized carbons (Fsp3) is 0.552. The molecule has 1 saturated heterocycles. The first-order valence-electron chi connectivity index (χ1n) is 13.2. The number of ether oxygens (including phenoxy) is 3. The minimum absolute atomic E-state index is 0.237. The van der Waals surface area contributed by atoms with Crippen LogP contribution in [0.4, 0.5) is 4.79 Å². The monoisotopic (exact) mass is 528 g/mol. The number of aliphatic hydroxyl groups is 1. The van der Waals surface area contributed by atoms with Crippen LogP contribution in [0.1, 0.15) is 45.1 Å². The van der Waals surface area contributed by atoms with Crippen molar-refractivity contribution in [2.24, 2.45) is 5.41 Å². The molecular weight excluding hydrogens is 488 g/mol. The lowest BCUT2D eigenvalue weighted by atomic mass is 9.90. The summed E-state index contributed by atoms with van der Waals surface area (Å²) in [7, 11) is 1.66. The van der Waals surface area contributed by atoms with E-state index in [1.165, 1.54) is 12.8 Å². The van der Waals surface area contributed by atoms with Gasteiger partial charge in [0, 0.05) is 22.9 Å². The van der Waals surface area contributed by atoms with Crippen LogP contribution in [0.15, 0.2) is 59.5 Å². The number of hydrogen-bond acceptors (Lipinski definition) is 7. The lowest BCUT2D eigenvalue weighted by molar-refractivity contribution is 0.0397. The molecule has 8 heteroatoms. The number of carbonyl (C=O) groups is 1. The molecule has 0 spiro atoms. The molecule has 1 aliphatic heterocycles. The molecule has 3 atom stereocenters. The predicted molar refractivity (Wildman–Crippen MR) is 146 cm³/mol. The fourth-order valence-electron chi connectivity index (χ4n) is 4.94. The summed E-state index contributed by atoms with van der Waals surface area (Å²) in [6, 6.07) is 17.8. The number of carbonyl (C=O) groups excluding carboxylic acids is 1. The van der Waals surface area contributed by atoms with Gasteiger partial charge in [-0.2, -0.15) is 0 Å². The number of methoxy groups -OCH3 is 1. The first-order chi connectivity index (χ1) is 17.8. The molecule has 0 radical (unpaired) electrons. The molecule has 2 aromatic carbocycles. The van der Waals surface area contributed by atoms with Crippen LogP contribution in [0, 0.1) is 5.41 Å². The second-order valence-corrected chi connectivity index (χ2v) is 11.8. The van der Waals surface area contributed by atoms with Crippen molar-refractivity contribution >= 4 is 18.0 Å². The largest absolute Gasteiger partial charge is 0.497 e. The highest BCUT2D eigenvalue weighted by Crippen LogP contribution is 2.34. The summed E-state index contributed by atoms with van der Waals surface area (Å²) in [5, 5.41) is 14.5. The molecule has 2 N–H and O–H groups in total. The zero-order valence-electron chi connectivity index (χ0n) is 22.1. The Bertz CT molecular complexity index is 982. The highest BCUT2D eigenvalue weighted by molar-refractivity contribution is 7.97. The zero-order chi connectivity index (χ0) is 26.3. The Morgan fingerprint density at radius 3 is 2.49 bits per heavy atom. The maximum Gasteiger partial charge on any atom is 0.407 e. The quantitative estimate of drug-likeness (QED) is 0.394. The second-order valence-electron chi connectivity index (χ2n) is 10.7. The summed E-state index contributed by atoms with van der Waals surface area (Å²) < 4.78 is 18.9. The second kappa shape index (κ2) is 13.0. The van der Waals surface area contributed by atoms with Crippen molar-refractivity contribution in [3.05, 3.63) is 60.2 Å². The van der Waals surface area contributed by atoms with Gasteiger partial charge in [-0.1, -0.05) is 57.0 Å². The molecule has 1 heterocycles. The summed E-state index contributed by atoms with van der Waals surface area (Å²) in [5.41, 5.74) is 0.811. The molecule has 4 rings (SSSR count). The number of alkyl carbamates (subject to hydrolysis) is 1. The van der Waals surface area contributed by atoms with Crippen molar-refractivity contribution in [2.45, 2.75) is 75.1 Å². The van der Waals surface area contributed by atoms with Gasteiger partial charge in [-0.15, -0.1) is 0 Å². The number of aliphatic hydroxyl groups excluding tert-OH is 1. The lowest BCUT2D eigenvalue weighted by Crippen LogP contribution is -2.51. The van der Waals surface area contributed by atoms with E-state index in [0.29, 0.717) is 32.2 Å². The van der Waals surface area contributed by atoms with Gasteiger partial charge in [0.05, 0.1) is 32.5 Å². The molecule has 1 aliphatic carbocycles. The van der Waals surface area contributed by atoms with Crippen molar-refractivity contribution < 1.29 is 24.1 Å². The molecule has 1 saturated carbocycles. The number of amides is 1. The van der Waals surface area contributed by atoms with Gasteiger partial charge in [-0.05, 0) is 61.0 Å². The van der Waals surface area contributed by atoms with E-state index in [0.717, 1.165) is 29.1 Å². The molecule has 2 fully saturated rings. The van der Waals surface area contributed by atoms with Crippen LogP contribution < -0.4 is 10.1 Å². The van der Waals surface area contributed by atoms with Crippen LogP contribution in [0.3, 0.4) is 0 Å². The standard InChI is InChI=1S/C29H40N2O5S/c1-29(2)20-35-19-27(29)36-28(33)30-25(17-21-9-5-4-6-10-21)26(32)18-31(22-11-7-8-12-22)37-24-15-13-23(34-3)14-16-24/h4-6,9-10,13-16,22,25-27,32H,7-8,11-12,17-20H2,1-3H3,(H,30,33). The van der Waals surface area contributed by atoms with E-state index in [-0.39, 0.29) is 11.5 Å². The predicted octanol–water partition coefficient (Wildman–Crippen LogP) is 5.07. The van der Waals surface area contributed by atoms with Gasteiger partial charge < -0.3 is 24.6 Å². The minimum atomic E-state index is -0.785. The average molecular weight is 529 g/mol. The van der Waals surface area contributed by atoms with Gasteiger partial charge in [0.2, 0.25) is 0 Å². The normalized spacial score (nSPS) is 21.1. The van der Waals surface area contributed by atoms with Crippen LogP contribution in [-0.2, 0) is 15.9 Å². The molecule has 3 unspecified atom stereocenters. The van der Waals surface area contributed by atoms with Crippen LogP contribution in [-0.4, -0.2) is 66.7 Å². The van der Waals surface area contributed by atoms with Gasteiger partial charge >= 0.3 is 6.09 Å². The number of benzene rings is 2. The van der Waals surface area contributed by atoms with Crippen molar-refractivity contribution in [3.8, 4) is 5.75 Å². The number of nitrogens with zero attached hydrogens (tertiary/aromatic N) is 1. The Kier molecular flexibility index (Phi) is 9.76. The van der Waals surface area contributed by atoms with Gasteiger partial charge in [0.25, 0.3) is 0 Å². The third-order valence-corrected chi connectivity index (χ3v) is 8.48. The Balaban J connectivity index is 1.47. The van der Waals surface area contributed by atoms with Crippen LogP contribution >= 0.6 is 11.9 Å². The average Bonchev–Trinajstić information content (AvgIpc) is 3.54. The van der Waals surface area contributed by atoms with Gasteiger partial charge in [0.1, 0.15) is 11.9 Å². The first-order valence-corrected chi connectivity index (χ1v) is 14.0. The Hall–Kier alpha value is -2.26. The van der Waals surface area contributed by atoms with Crippen molar-refractivity contribution in [1.82, 2.24) is 9.62 Å². The number of hydrogen-bond donors (Lipinski definition) is 2. The zero-order valence-corrected chi connectivity index (χ0v) is 22.9. The minimum Gasteiger partial charge on any atom is -0.497 e. The Morgan fingerprint density at radius 2 is 1.86 bits per heavy atom. The van der Waals surface area contributed by atoms with E-state index in [9.17, 15) is 9.90 Å². The fourth-order valence-corrected chi connectivity index (χ4v) is 6.06. The third kappa shape index (κ3) is 7.87. The molecule has 2 aliphatic rings. The SMILES string of the molecule is COc1ccc(SN(CC(O)C(Cc2ccccc2)NC(=O)OC2COCC2(C)C)C2CCCC2)cc1. The Labute approximate surface area is 225 Å². The van der Waals surface area contributed by atoms with Gasteiger partial charge in [-0.25, -0.2) is 9.10 Å². The van der Waals surface area contributed by atoms with Gasteiger partial charge in [0.15, 0.2) is 0 Å². The van der Waals surface area contributed by atoms with Crippen molar-refractivity contribution in [3.63, 3.8) is 0 Å². The van der Waals surface area contributed by atoms with E-state index in [1.54, 1.807) is 19.1 Å². The molecule has 2 aromatic rings. The van der Waals surface area contributed by atoms with Crippen LogP contribution in [0.5, 0.6) is 5.75 Å². The molecule has 202 valence electrons. The maximum atomic E-state index is 13.0. The van der Waals surface area contributed by atoms with Gasteiger partial charge in [-0.3, -0.25) is 0 Å². The topological polar surface area (TPSA) is 80.3 Å². The van der Waals surface area contributed by atoms with Crippen LogP contribution in [0.2, 0.25) is 0 Å².